The number of fused-ring (bicyclic) bond motifs is 1. The molecule has 1 aromatic heterocycles. The Bertz CT molecular complexity index is 1420. The van der Waals surface area contributed by atoms with E-state index in [9.17, 15) is 14.4 Å². The van der Waals surface area contributed by atoms with Crippen LogP contribution in [0.5, 0.6) is 5.75 Å². The van der Waals surface area contributed by atoms with E-state index in [0.29, 0.717) is 31.9 Å². The molecule has 0 saturated carbocycles. The van der Waals surface area contributed by atoms with Gasteiger partial charge in [0.05, 0.1) is 29.0 Å². The first-order valence-corrected chi connectivity index (χ1v) is 10.6. The minimum Gasteiger partial charge on any atom is -0.466 e. The van der Waals surface area contributed by atoms with Gasteiger partial charge in [-0.2, -0.15) is 0 Å². The predicted octanol–water partition coefficient (Wildman–Crippen LogP) is 2.33. The topological polar surface area (TPSA) is 87.0 Å². The minimum atomic E-state index is -0.644. The minimum absolute atomic E-state index is 0.269. The molecule has 0 N–H and O–H groups in total. The van der Waals surface area contributed by atoms with Gasteiger partial charge in [-0.25, -0.2) is 9.79 Å². The highest BCUT2D eigenvalue weighted by atomic mass is 32.1. The van der Waals surface area contributed by atoms with Crippen LogP contribution in [0.25, 0.3) is 6.08 Å². The molecule has 0 aliphatic carbocycles. The molecule has 0 radical (unpaired) electrons. The number of hydrogen-bond acceptors (Lipinski definition) is 7. The van der Waals surface area contributed by atoms with Crippen LogP contribution in [0.4, 0.5) is 0 Å². The summed E-state index contributed by atoms with van der Waals surface area (Å²) in [6, 6.07) is 15.6. The molecule has 0 unspecified atom stereocenters. The lowest BCUT2D eigenvalue weighted by atomic mass is 9.96. The molecule has 2 heterocycles. The summed E-state index contributed by atoms with van der Waals surface area (Å²) in [5.74, 6) is -0.552. The number of allylic oxidation sites excluding steroid dienone is 1. The van der Waals surface area contributed by atoms with E-state index in [1.54, 1.807) is 31.2 Å². The van der Waals surface area contributed by atoms with Gasteiger partial charge in [0, 0.05) is 6.92 Å². The smallest absolute Gasteiger partial charge is 0.338 e. The fourth-order valence-corrected chi connectivity index (χ4v) is 4.68. The van der Waals surface area contributed by atoms with Crippen molar-refractivity contribution in [3.05, 3.63) is 96.7 Å². The van der Waals surface area contributed by atoms with E-state index in [1.807, 2.05) is 36.4 Å². The first kappa shape index (κ1) is 21.5. The Kier molecular flexibility index (Phi) is 5.87. The molecule has 7 nitrogen and oxygen atoms in total. The average molecular weight is 449 g/mol. The first-order valence-electron chi connectivity index (χ1n) is 9.83. The molecule has 3 aromatic rings. The molecule has 2 aromatic carbocycles. The summed E-state index contributed by atoms with van der Waals surface area (Å²) in [5.41, 5.74) is 2.06. The summed E-state index contributed by atoms with van der Waals surface area (Å²) in [6.07, 6.45) is 1.72. The molecular weight excluding hydrogens is 428 g/mol. The number of carbonyl (C=O) groups excluding carboxylic acids is 2. The number of esters is 2. The van der Waals surface area contributed by atoms with Crippen molar-refractivity contribution in [1.82, 2.24) is 4.57 Å². The number of nitrogens with zero attached hydrogens (tertiary/aromatic N) is 2. The molecule has 8 heteroatoms. The lowest BCUT2D eigenvalue weighted by Gasteiger charge is -2.24. The van der Waals surface area contributed by atoms with Gasteiger partial charge in [0.2, 0.25) is 0 Å². The Morgan fingerprint density at radius 1 is 1.12 bits per heavy atom. The molecule has 0 amide bonds. The Labute approximate surface area is 187 Å². The predicted molar refractivity (Wildman–Crippen MR) is 120 cm³/mol. The fraction of sp³-hybridized carbons (Fsp3) is 0.167. The standard InChI is InChI=1S/C24H20N2O5S/c1-14-20(23(29)30-3)21(17-9-5-4-6-10-17)26-22(28)19(32-24(26)25-14)13-16-8-7-11-18(12-16)31-15(2)27/h4-13,21H,1-3H3/b19-13+/t21-/m1/s1. The number of aromatic nitrogens is 1. The first-order chi connectivity index (χ1) is 15.4. The third-order valence-corrected chi connectivity index (χ3v) is 5.94. The van der Waals surface area contributed by atoms with Crippen LogP contribution in [0.2, 0.25) is 0 Å². The number of carbonyl (C=O) groups is 2. The summed E-state index contributed by atoms with van der Waals surface area (Å²) in [5, 5.41) is 0. The van der Waals surface area contributed by atoms with Gasteiger partial charge in [-0.15, -0.1) is 0 Å². The quantitative estimate of drug-likeness (QED) is 0.452. The summed E-state index contributed by atoms with van der Waals surface area (Å²) < 4.78 is 12.1. The van der Waals surface area contributed by atoms with E-state index in [0.717, 1.165) is 5.56 Å². The van der Waals surface area contributed by atoms with Crippen molar-refractivity contribution < 1.29 is 19.1 Å². The molecule has 32 heavy (non-hydrogen) atoms. The zero-order valence-corrected chi connectivity index (χ0v) is 18.5. The maximum absolute atomic E-state index is 13.4. The van der Waals surface area contributed by atoms with Crippen LogP contribution in [0.3, 0.4) is 0 Å². The summed E-state index contributed by atoms with van der Waals surface area (Å²) in [6.45, 7) is 3.07. The van der Waals surface area contributed by atoms with Crippen molar-refractivity contribution in [2.45, 2.75) is 19.9 Å². The molecule has 4 rings (SSSR count). The maximum atomic E-state index is 13.4. The van der Waals surface area contributed by atoms with Gasteiger partial charge in [0.15, 0.2) is 4.80 Å². The van der Waals surface area contributed by atoms with Crippen molar-refractivity contribution in [1.29, 1.82) is 0 Å². The highest BCUT2D eigenvalue weighted by Gasteiger charge is 2.32. The van der Waals surface area contributed by atoms with Crippen LogP contribution >= 0.6 is 11.3 Å². The fourth-order valence-electron chi connectivity index (χ4n) is 3.63. The number of thiazole rings is 1. The SMILES string of the molecule is COC(=O)C1=C(C)N=c2s/c(=C/c3cccc(OC(C)=O)c3)c(=O)n2[C@@H]1c1ccccc1. The normalized spacial score (nSPS) is 15.7. The molecule has 1 atom stereocenters. The van der Waals surface area contributed by atoms with Crippen LogP contribution in [0.1, 0.15) is 31.0 Å². The van der Waals surface area contributed by atoms with Gasteiger partial charge in [0.25, 0.3) is 5.56 Å². The second kappa shape index (κ2) is 8.76. The van der Waals surface area contributed by atoms with E-state index < -0.39 is 18.0 Å². The Morgan fingerprint density at radius 2 is 1.88 bits per heavy atom. The lowest BCUT2D eigenvalue weighted by molar-refractivity contribution is -0.136. The van der Waals surface area contributed by atoms with Gasteiger partial charge in [-0.1, -0.05) is 53.8 Å². The number of ether oxygens (including phenoxy) is 2. The van der Waals surface area contributed by atoms with E-state index in [-0.39, 0.29) is 5.56 Å². The number of rotatable bonds is 4. The second-order valence-corrected chi connectivity index (χ2v) is 8.16. The van der Waals surface area contributed by atoms with Crippen molar-refractivity contribution in [2.24, 2.45) is 4.99 Å². The third-order valence-electron chi connectivity index (χ3n) is 4.96. The largest absolute Gasteiger partial charge is 0.466 e. The molecule has 0 saturated heterocycles. The van der Waals surface area contributed by atoms with Gasteiger partial charge in [-0.3, -0.25) is 14.2 Å². The van der Waals surface area contributed by atoms with Crippen molar-refractivity contribution >= 4 is 29.4 Å². The zero-order chi connectivity index (χ0) is 22.8. The van der Waals surface area contributed by atoms with Crippen LogP contribution in [-0.4, -0.2) is 23.6 Å². The van der Waals surface area contributed by atoms with E-state index >= 15 is 0 Å². The Balaban J connectivity index is 1.91. The van der Waals surface area contributed by atoms with Gasteiger partial charge < -0.3 is 9.47 Å². The lowest BCUT2D eigenvalue weighted by Crippen LogP contribution is -2.39. The van der Waals surface area contributed by atoms with E-state index in [4.69, 9.17) is 9.47 Å². The number of hydrogen-bond donors (Lipinski definition) is 0. The van der Waals surface area contributed by atoms with Crippen LogP contribution in [0.15, 0.2) is 75.7 Å². The van der Waals surface area contributed by atoms with E-state index in [1.165, 1.54) is 29.9 Å². The number of benzene rings is 2. The molecule has 0 bridgehead atoms. The van der Waals surface area contributed by atoms with Crippen LogP contribution in [-0.2, 0) is 14.3 Å². The zero-order valence-electron chi connectivity index (χ0n) is 17.7. The van der Waals surface area contributed by atoms with Crippen molar-refractivity contribution in [2.75, 3.05) is 7.11 Å². The van der Waals surface area contributed by atoms with Crippen LogP contribution < -0.4 is 19.6 Å². The maximum Gasteiger partial charge on any atom is 0.338 e. The molecule has 0 fully saturated rings. The van der Waals surface area contributed by atoms with E-state index in [2.05, 4.69) is 4.99 Å². The molecular formula is C24H20N2O5S. The second-order valence-electron chi connectivity index (χ2n) is 7.15. The highest BCUT2D eigenvalue weighted by molar-refractivity contribution is 7.07. The van der Waals surface area contributed by atoms with Gasteiger partial charge >= 0.3 is 11.9 Å². The third kappa shape index (κ3) is 4.04. The van der Waals surface area contributed by atoms with Crippen molar-refractivity contribution in [3.8, 4) is 5.75 Å². The van der Waals surface area contributed by atoms with Crippen LogP contribution in [0, 0.1) is 0 Å². The summed E-state index contributed by atoms with van der Waals surface area (Å²) in [4.78, 5) is 42.3. The monoisotopic (exact) mass is 448 g/mol. The molecule has 162 valence electrons. The highest BCUT2D eigenvalue weighted by Crippen LogP contribution is 2.30. The van der Waals surface area contributed by atoms with Gasteiger partial charge in [-0.05, 0) is 36.3 Å². The average Bonchev–Trinajstić information content (AvgIpc) is 3.07. The molecule has 1 aliphatic rings. The Hall–Kier alpha value is -3.78. The number of methoxy groups -OCH3 is 1. The Morgan fingerprint density at radius 3 is 2.56 bits per heavy atom. The van der Waals surface area contributed by atoms with Crippen molar-refractivity contribution in [3.63, 3.8) is 0 Å². The molecule has 1 aliphatic heterocycles. The summed E-state index contributed by atoms with van der Waals surface area (Å²) >= 11 is 1.23. The van der Waals surface area contributed by atoms with Gasteiger partial charge in [0.1, 0.15) is 5.75 Å². The summed E-state index contributed by atoms with van der Waals surface area (Å²) in [7, 11) is 1.31. The molecule has 0 spiro atoms.